The van der Waals surface area contributed by atoms with E-state index in [4.69, 9.17) is 5.73 Å². The van der Waals surface area contributed by atoms with Crippen LogP contribution >= 0.6 is 0 Å². The van der Waals surface area contributed by atoms with Gasteiger partial charge in [-0.05, 0) is 18.2 Å². The van der Waals surface area contributed by atoms with E-state index in [1.54, 1.807) is 26.2 Å². The summed E-state index contributed by atoms with van der Waals surface area (Å²) in [7, 11) is -0.406. The maximum absolute atomic E-state index is 12.1. The average molecular weight is 309 g/mol. The second-order valence-corrected chi connectivity index (χ2v) is 6.24. The van der Waals surface area contributed by atoms with Gasteiger partial charge in [0.1, 0.15) is 0 Å². The molecule has 3 N–H and O–H groups in total. The molecule has 0 saturated carbocycles. The van der Waals surface area contributed by atoms with E-state index in [2.05, 4.69) is 16.6 Å². The minimum Gasteiger partial charge on any atom is -0.349 e. The number of nitrogens with one attached hydrogen (secondary N) is 1. The van der Waals surface area contributed by atoms with Crippen molar-refractivity contribution in [1.29, 1.82) is 0 Å². The van der Waals surface area contributed by atoms with E-state index in [1.807, 2.05) is 0 Å². The Morgan fingerprint density at radius 3 is 2.71 bits per heavy atom. The molecule has 0 heterocycles. The Balaban J connectivity index is 2.76. The van der Waals surface area contributed by atoms with Gasteiger partial charge >= 0.3 is 0 Å². The fraction of sp³-hybridized carbons (Fsp3) is 0.357. The van der Waals surface area contributed by atoms with Crippen LogP contribution in [0.25, 0.3) is 0 Å². The molecule has 0 aromatic heterocycles. The number of nitrogens with zero attached hydrogens (tertiary/aromatic N) is 1. The van der Waals surface area contributed by atoms with Crippen molar-refractivity contribution in [2.24, 2.45) is 5.73 Å². The van der Waals surface area contributed by atoms with E-state index in [9.17, 15) is 13.2 Å². The van der Waals surface area contributed by atoms with E-state index < -0.39 is 10.0 Å². The van der Waals surface area contributed by atoms with Crippen LogP contribution in [0, 0.1) is 11.8 Å². The predicted octanol–water partition coefficient (Wildman–Crippen LogP) is -0.247. The van der Waals surface area contributed by atoms with Gasteiger partial charge in [-0.2, -0.15) is 0 Å². The molecular formula is C14H19N3O3S. The summed E-state index contributed by atoms with van der Waals surface area (Å²) in [5, 5.41) is 0. The third-order valence-electron chi connectivity index (χ3n) is 2.61. The number of carbonyl (C=O) groups is 1. The van der Waals surface area contributed by atoms with Crippen LogP contribution in [0.3, 0.4) is 0 Å². The number of sulfonamides is 1. The lowest BCUT2D eigenvalue weighted by atomic mass is 10.2. The number of carbonyl (C=O) groups excluding carboxylic acids is 1. The lowest BCUT2D eigenvalue weighted by molar-refractivity contribution is -0.128. The highest BCUT2D eigenvalue weighted by Crippen LogP contribution is 2.10. The molecule has 21 heavy (non-hydrogen) atoms. The number of hydrogen-bond donors (Lipinski definition) is 2. The van der Waals surface area contributed by atoms with E-state index in [1.165, 1.54) is 17.0 Å². The molecule has 1 aromatic rings. The zero-order chi connectivity index (χ0) is 15.9. The highest BCUT2D eigenvalue weighted by atomic mass is 32.2. The second-order valence-electron chi connectivity index (χ2n) is 4.47. The van der Waals surface area contributed by atoms with Crippen LogP contribution in [-0.2, 0) is 14.8 Å². The minimum atomic E-state index is -3.65. The van der Waals surface area contributed by atoms with Crippen molar-refractivity contribution >= 4 is 15.9 Å². The quantitative estimate of drug-likeness (QED) is 0.734. The van der Waals surface area contributed by atoms with Gasteiger partial charge in [-0.25, -0.2) is 13.1 Å². The zero-order valence-corrected chi connectivity index (χ0v) is 12.9. The normalized spacial score (nSPS) is 10.6. The summed E-state index contributed by atoms with van der Waals surface area (Å²) in [4.78, 5) is 12.9. The zero-order valence-electron chi connectivity index (χ0n) is 12.1. The first-order chi connectivity index (χ1) is 9.86. The molecular weight excluding hydrogens is 290 g/mol. The van der Waals surface area contributed by atoms with Gasteiger partial charge in [0.05, 0.1) is 11.4 Å². The summed E-state index contributed by atoms with van der Waals surface area (Å²) in [5.74, 6) is 5.31. The molecule has 0 fully saturated rings. The van der Waals surface area contributed by atoms with E-state index in [0.717, 1.165) is 0 Å². The predicted molar refractivity (Wildman–Crippen MR) is 80.9 cm³/mol. The molecule has 0 bridgehead atoms. The molecule has 0 atom stereocenters. The molecule has 7 heteroatoms. The van der Waals surface area contributed by atoms with E-state index >= 15 is 0 Å². The average Bonchev–Trinajstić information content (AvgIpc) is 2.45. The van der Waals surface area contributed by atoms with Gasteiger partial charge < -0.3 is 10.6 Å². The van der Waals surface area contributed by atoms with Gasteiger partial charge in [0.25, 0.3) is 0 Å². The fourth-order valence-corrected chi connectivity index (χ4v) is 2.57. The third kappa shape index (κ3) is 5.55. The summed E-state index contributed by atoms with van der Waals surface area (Å²) in [6.07, 6.45) is 0.110. The number of amides is 1. The van der Waals surface area contributed by atoms with Crippen molar-refractivity contribution < 1.29 is 13.2 Å². The van der Waals surface area contributed by atoms with Crippen molar-refractivity contribution in [3.8, 4) is 11.8 Å². The lowest BCUT2D eigenvalue weighted by Crippen LogP contribution is -2.30. The van der Waals surface area contributed by atoms with Crippen molar-refractivity contribution in [1.82, 2.24) is 9.62 Å². The maximum Gasteiger partial charge on any atom is 0.240 e. The molecule has 0 radical (unpaired) electrons. The number of hydrogen-bond acceptors (Lipinski definition) is 4. The molecule has 114 valence electrons. The van der Waals surface area contributed by atoms with Gasteiger partial charge in [0, 0.05) is 32.6 Å². The molecule has 1 amide bonds. The van der Waals surface area contributed by atoms with Gasteiger partial charge in [-0.15, -0.1) is 0 Å². The summed E-state index contributed by atoms with van der Waals surface area (Å²) < 4.78 is 26.6. The first-order valence-electron chi connectivity index (χ1n) is 6.35. The minimum absolute atomic E-state index is 0.0536. The monoisotopic (exact) mass is 309 g/mol. The Hall–Kier alpha value is -1.88. The summed E-state index contributed by atoms with van der Waals surface area (Å²) in [5.41, 5.74) is 5.86. The van der Waals surface area contributed by atoms with Crippen LogP contribution in [0.2, 0.25) is 0 Å². The van der Waals surface area contributed by atoms with Crippen molar-refractivity contribution in [3.63, 3.8) is 0 Å². The summed E-state index contributed by atoms with van der Waals surface area (Å²) in [6, 6.07) is 6.26. The number of rotatable bonds is 5. The third-order valence-corrected chi connectivity index (χ3v) is 4.07. The lowest BCUT2D eigenvalue weighted by Gasteiger charge is -2.11. The van der Waals surface area contributed by atoms with Crippen molar-refractivity contribution in [2.75, 3.05) is 27.2 Å². The highest BCUT2D eigenvalue weighted by Gasteiger charge is 2.14. The topological polar surface area (TPSA) is 92.5 Å². The molecule has 0 saturated heterocycles. The highest BCUT2D eigenvalue weighted by molar-refractivity contribution is 7.89. The summed E-state index contributed by atoms with van der Waals surface area (Å²) in [6.45, 7) is 0.264. The first kappa shape index (κ1) is 17.2. The van der Waals surface area contributed by atoms with Gasteiger partial charge in [0.15, 0.2) is 0 Å². The van der Waals surface area contributed by atoms with E-state index in [-0.39, 0.29) is 30.3 Å². The maximum atomic E-state index is 12.1. The van der Waals surface area contributed by atoms with Crippen LogP contribution in [0.15, 0.2) is 29.2 Å². The fourth-order valence-electron chi connectivity index (χ4n) is 1.49. The summed E-state index contributed by atoms with van der Waals surface area (Å²) >= 11 is 0. The van der Waals surface area contributed by atoms with Crippen LogP contribution < -0.4 is 10.5 Å². The number of benzene rings is 1. The van der Waals surface area contributed by atoms with Gasteiger partial charge in [-0.1, -0.05) is 17.9 Å². The number of nitrogens with two attached hydrogens (primary N) is 1. The second kappa shape index (κ2) is 7.78. The Bertz CT molecular complexity index is 658. The molecule has 1 aromatic carbocycles. The Morgan fingerprint density at radius 1 is 1.38 bits per heavy atom. The van der Waals surface area contributed by atoms with Gasteiger partial charge in [0.2, 0.25) is 15.9 Å². The molecule has 0 spiro atoms. The molecule has 0 aliphatic rings. The van der Waals surface area contributed by atoms with Gasteiger partial charge in [-0.3, -0.25) is 4.79 Å². The Kier molecular flexibility index (Phi) is 6.37. The SMILES string of the molecule is CN(C)C(=O)CCNS(=O)(=O)c1cccc(C#CCN)c1. The Labute approximate surface area is 125 Å². The first-order valence-corrected chi connectivity index (χ1v) is 7.84. The Morgan fingerprint density at radius 2 is 2.10 bits per heavy atom. The standard InChI is InChI=1S/C14H19N3O3S/c1-17(2)14(18)8-10-16-21(19,20)13-7-3-5-12(11-13)6-4-9-15/h3,5,7,11,16H,8-10,15H2,1-2H3. The van der Waals surface area contributed by atoms with Crippen LogP contribution in [0.5, 0.6) is 0 Å². The molecule has 0 aliphatic carbocycles. The van der Waals surface area contributed by atoms with E-state index in [0.29, 0.717) is 5.56 Å². The van der Waals surface area contributed by atoms with Crippen molar-refractivity contribution in [3.05, 3.63) is 29.8 Å². The van der Waals surface area contributed by atoms with Crippen LogP contribution in [0.4, 0.5) is 0 Å². The molecule has 0 unspecified atom stereocenters. The smallest absolute Gasteiger partial charge is 0.240 e. The van der Waals surface area contributed by atoms with Crippen LogP contribution in [0.1, 0.15) is 12.0 Å². The largest absolute Gasteiger partial charge is 0.349 e. The van der Waals surface area contributed by atoms with Crippen LogP contribution in [-0.4, -0.2) is 46.4 Å². The molecule has 1 rings (SSSR count). The molecule has 6 nitrogen and oxygen atoms in total. The van der Waals surface area contributed by atoms with Crippen molar-refractivity contribution in [2.45, 2.75) is 11.3 Å². The molecule has 0 aliphatic heterocycles.